The van der Waals surface area contributed by atoms with Gasteiger partial charge < -0.3 is 9.88 Å². The van der Waals surface area contributed by atoms with E-state index in [-0.39, 0.29) is 17.3 Å². The monoisotopic (exact) mass is 387 g/mol. The van der Waals surface area contributed by atoms with Gasteiger partial charge in [0.1, 0.15) is 5.82 Å². The van der Waals surface area contributed by atoms with Crippen molar-refractivity contribution < 1.29 is 9.72 Å². The molecule has 1 aliphatic rings. The van der Waals surface area contributed by atoms with Crippen molar-refractivity contribution in [3.05, 3.63) is 52.9 Å². The number of hydrogen-bond donors (Lipinski definition) is 1. The van der Waals surface area contributed by atoms with Crippen molar-refractivity contribution in [1.29, 1.82) is 0 Å². The second-order valence-electron chi connectivity index (χ2n) is 6.36. The van der Waals surface area contributed by atoms with Crippen LogP contribution in [0.2, 0.25) is 0 Å². The molecule has 0 atom stereocenters. The Hall–Kier alpha value is -2.68. The number of non-ortho nitro benzene ring substituents is 1. The molecule has 1 amide bonds. The molecule has 0 spiro atoms. The molecule has 2 aromatic rings. The summed E-state index contributed by atoms with van der Waals surface area (Å²) in [7, 11) is 0. The van der Waals surface area contributed by atoms with E-state index in [1.165, 1.54) is 48.9 Å². The number of allylic oxidation sites excluding steroid dienone is 1. The summed E-state index contributed by atoms with van der Waals surface area (Å²) in [6.45, 7) is 4.42. The Morgan fingerprint density at radius 1 is 1.33 bits per heavy atom. The van der Waals surface area contributed by atoms with E-state index in [0.717, 1.165) is 18.7 Å². The molecule has 27 heavy (non-hydrogen) atoms. The minimum absolute atomic E-state index is 0.0145. The molecule has 1 aliphatic carbocycles. The maximum absolute atomic E-state index is 12.2. The predicted molar refractivity (Wildman–Crippen MR) is 104 cm³/mol. The zero-order valence-corrected chi connectivity index (χ0v) is 15.7. The van der Waals surface area contributed by atoms with Gasteiger partial charge in [-0.25, -0.2) is 0 Å². The molecule has 1 aromatic heterocycles. The molecule has 0 unspecified atom stereocenters. The average Bonchev–Trinajstić information content (AvgIpc) is 3.30. The topological polar surface area (TPSA) is 103 Å². The van der Waals surface area contributed by atoms with Gasteiger partial charge in [0, 0.05) is 30.3 Å². The molecule has 3 rings (SSSR count). The van der Waals surface area contributed by atoms with E-state index >= 15 is 0 Å². The predicted octanol–water partition coefficient (Wildman–Crippen LogP) is 3.76. The van der Waals surface area contributed by atoms with E-state index in [1.54, 1.807) is 0 Å². The molecular formula is C18H21N5O3S. The fraction of sp³-hybridized carbons (Fsp3) is 0.389. The van der Waals surface area contributed by atoms with E-state index in [1.807, 2.05) is 10.6 Å². The van der Waals surface area contributed by atoms with Crippen LogP contribution in [0.5, 0.6) is 0 Å². The third-order valence-electron chi connectivity index (χ3n) is 4.47. The Labute approximate surface area is 161 Å². The quantitative estimate of drug-likeness (QED) is 0.320. The maximum Gasteiger partial charge on any atom is 0.269 e. The van der Waals surface area contributed by atoms with E-state index in [9.17, 15) is 14.9 Å². The van der Waals surface area contributed by atoms with Crippen molar-refractivity contribution in [2.45, 2.75) is 43.3 Å². The minimum atomic E-state index is -0.476. The van der Waals surface area contributed by atoms with Crippen LogP contribution in [0.4, 0.5) is 11.4 Å². The fourth-order valence-corrected chi connectivity index (χ4v) is 3.94. The molecule has 1 saturated carbocycles. The van der Waals surface area contributed by atoms with Crippen LogP contribution in [0.25, 0.3) is 0 Å². The van der Waals surface area contributed by atoms with Crippen molar-refractivity contribution >= 4 is 29.0 Å². The fourth-order valence-electron chi connectivity index (χ4n) is 3.19. The molecule has 1 aromatic carbocycles. The molecular weight excluding hydrogens is 366 g/mol. The Kier molecular flexibility index (Phi) is 6.23. The van der Waals surface area contributed by atoms with Crippen LogP contribution in [0.3, 0.4) is 0 Å². The minimum Gasteiger partial charge on any atom is -0.325 e. The summed E-state index contributed by atoms with van der Waals surface area (Å²) < 4.78 is 2.03. The smallest absolute Gasteiger partial charge is 0.269 e. The number of amides is 1. The van der Waals surface area contributed by atoms with Gasteiger partial charge in [-0.2, -0.15) is 0 Å². The Balaban J connectivity index is 1.61. The molecule has 142 valence electrons. The summed E-state index contributed by atoms with van der Waals surface area (Å²) in [5, 5.41) is 22.7. The number of nitro groups is 1. The van der Waals surface area contributed by atoms with Crippen LogP contribution in [-0.4, -0.2) is 31.3 Å². The third-order valence-corrected chi connectivity index (χ3v) is 5.44. The number of benzene rings is 1. The first kappa shape index (κ1) is 19.1. The number of rotatable bonds is 8. The van der Waals surface area contributed by atoms with Gasteiger partial charge in [0.05, 0.1) is 10.7 Å². The number of aromatic nitrogens is 3. The number of nitrogens with one attached hydrogen (secondary N) is 1. The second kappa shape index (κ2) is 8.81. The number of anilines is 1. The number of thioether (sulfide) groups is 1. The molecule has 0 bridgehead atoms. The zero-order chi connectivity index (χ0) is 19.2. The van der Waals surface area contributed by atoms with Gasteiger partial charge in [-0.15, -0.1) is 16.8 Å². The average molecular weight is 387 g/mol. The number of carbonyl (C=O) groups is 1. The Bertz CT molecular complexity index is 828. The van der Waals surface area contributed by atoms with E-state index < -0.39 is 4.92 Å². The lowest BCUT2D eigenvalue weighted by Crippen LogP contribution is -2.15. The van der Waals surface area contributed by atoms with Crippen LogP contribution >= 0.6 is 11.8 Å². The summed E-state index contributed by atoms with van der Waals surface area (Å²) in [5.41, 5.74) is 0.504. The second-order valence-corrected chi connectivity index (χ2v) is 7.30. The highest BCUT2D eigenvalue weighted by Crippen LogP contribution is 2.34. The SMILES string of the molecule is C=CCn1c(SCC(=O)Nc2ccc([N+](=O)[O-])cc2)nnc1C1CCCC1. The van der Waals surface area contributed by atoms with E-state index in [4.69, 9.17) is 0 Å². The van der Waals surface area contributed by atoms with Crippen molar-refractivity contribution in [2.75, 3.05) is 11.1 Å². The van der Waals surface area contributed by atoms with Gasteiger partial charge in [-0.1, -0.05) is 30.7 Å². The first-order chi connectivity index (χ1) is 13.1. The summed E-state index contributed by atoms with van der Waals surface area (Å²) in [4.78, 5) is 22.4. The van der Waals surface area contributed by atoms with Gasteiger partial charge in [-0.3, -0.25) is 14.9 Å². The van der Waals surface area contributed by atoms with E-state index in [0.29, 0.717) is 23.3 Å². The summed E-state index contributed by atoms with van der Waals surface area (Å²) in [5.74, 6) is 1.38. The highest BCUT2D eigenvalue weighted by Gasteiger charge is 2.24. The lowest BCUT2D eigenvalue weighted by molar-refractivity contribution is -0.384. The van der Waals surface area contributed by atoms with Gasteiger partial charge in [0.15, 0.2) is 5.16 Å². The van der Waals surface area contributed by atoms with Crippen molar-refractivity contribution in [2.24, 2.45) is 0 Å². The molecule has 1 heterocycles. The third kappa shape index (κ3) is 4.73. The van der Waals surface area contributed by atoms with Crippen molar-refractivity contribution in [3.63, 3.8) is 0 Å². The lowest BCUT2D eigenvalue weighted by atomic mass is 10.1. The number of nitro benzene ring substituents is 1. The highest BCUT2D eigenvalue weighted by atomic mass is 32.2. The number of nitrogens with zero attached hydrogens (tertiary/aromatic N) is 4. The summed E-state index contributed by atoms with van der Waals surface area (Å²) >= 11 is 1.32. The van der Waals surface area contributed by atoms with Crippen LogP contribution in [0.15, 0.2) is 42.1 Å². The van der Waals surface area contributed by atoms with E-state index in [2.05, 4.69) is 22.1 Å². The Morgan fingerprint density at radius 2 is 2.04 bits per heavy atom. The standard InChI is InChI=1S/C18H21N5O3S/c1-2-11-22-17(13-5-3-4-6-13)20-21-18(22)27-12-16(24)19-14-7-9-15(10-8-14)23(25)26/h2,7-10,13H,1,3-6,11-12H2,(H,19,24). The molecule has 9 heteroatoms. The van der Waals surface area contributed by atoms with Crippen LogP contribution in [0.1, 0.15) is 37.4 Å². The van der Waals surface area contributed by atoms with Gasteiger partial charge in [0.2, 0.25) is 5.91 Å². The van der Waals surface area contributed by atoms with Gasteiger partial charge >= 0.3 is 0 Å². The van der Waals surface area contributed by atoms with Crippen molar-refractivity contribution in [3.8, 4) is 0 Å². The molecule has 0 saturated heterocycles. The van der Waals surface area contributed by atoms with Gasteiger partial charge in [-0.05, 0) is 25.0 Å². The molecule has 1 N–H and O–H groups in total. The molecule has 1 fully saturated rings. The largest absolute Gasteiger partial charge is 0.325 e. The maximum atomic E-state index is 12.2. The molecule has 0 aliphatic heterocycles. The molecule has 8 nitrogen and oxygen atoms in total. The van der Waals surface area contributed by atoms with Gasteiger partial charge in [0.25, 0.3) is 5.69 Å². The molecule has 0 radical (unpaired) electrons. The summed E-state index contributed by atoms with van der Waals surface area (Å²) in [6.07, 6.45) is 6.49. The van der Waals surface area contributed by atoms with Crippen molar-refractivity contribution in [1.82, 2.24) is 14.8 Å². The highest BCUT2D eigenvalue weighted by molar-refractivity contribution is 7.99. The van der Waals surface area contributed by atoms with Crippen LogP contribution in [-0.2, 0) is 11.3 Å². The number of hydrogen-bond acceptors (Lipinski definition) is 6. The lowest BCUT2D eigenvalue weighted by Gasteiger charge is -2.12. The number of carbonyl (C=O) groups excluding carboxylic acids is 1. The first-order valence-corrected chi connectivity index (χ1v) is 9.78. The normalized spacial score (nSPS) is 14.2. The van der Waals surface area contributed by atoms with Crippen LogP contribution in [0, 0.1) is 10.1 Å². The zero-order valence-electron chi connectivity index (χ0n) is 14.8. The summed E-state index contributed by atoms with van der Waals surface area (Å²) in [6, 6.07) is 5.74. The van der Waals surface area contributed by atoms with Crippen LogP contribution < -0.4 is 5.32 Å². The Morgan fingerprint density at radius 3 is 2.67 bits per heavy atom. The first-order valence-electron chi connectivity index (χ1n) is 8.79.